The Kier molecular flexibility index (Phi) is 5.30. The standard InChI is InChI=1S/C17H18N4O3S/c1-11-5-6-14(24-11)17(23)19-8-3-7-18-16(22)13-10-12(20-21-13)15-4-2-9-25-15/h2,4-6,9-10H,3,7-8H2,1H3,(H,18,22)(H,19,23)(H,20,21). The van der Waals surface area contributed by atoms with Gasteiger partial charge in [0.15, 0.2) is 11.5 Å². The molecule has 3 rings (SSSR count). The number of carbonyl (C=O) groups excluding carboxylic acids is 2. The molecule has 0 aliphatic heterocycles. The Morgan fingerprint density at radius 3 is 2.68 bits per heavy atom. The Morgan fingerprint density at radius 2 is 2.00 bits per heavy atom. The van der Waals surface area contributed by atoms with Crippen LogP contribution in [-0.2, 0) is 0 Å². The van der Waals surface area contributed by atoms with Gasteiger partial charge in [-0.15, -0.1) is 11.3 Å². The lowest BCUT2D eigenvalue weighted by Crippen LogP contribution is -2.29. The first-order valence-corrected chi connectivity index (χ1v) is 8.73. The van der Waals surface area contributed by atoms with E-state index in [0.717, 1.165) is 10.6 Å². The van der Waals surface area contributed by atoms with E-state index in [4.69, 9.17) is 4.42 Å². The maximum absolute atomic E-state index is 12.1. The van der Waals surface area contributed by atoms with E-state index in [9.17, 15) is 9.59 Å². The molecule has 0 fully saturated rings. The summed E-state index contributed by atoms with van der Waals surface area (Å²) in [6, 6.07) is 9.00. The van der Waals surface area contributed by atoms with Crippen molar-refractivity contribution in [3.05, 3.63) is 52.9 Å². The predicted octanol–water partition coefficient (Wildman–Crippen LogP) is 2.59. The Balaban J connectivity index is 1.39. The van der Waals surface area contributed by atoms with E-state index in [-0.39, 0.29) is 11.8 Å². The van der Waals surface area contributed by atoms with Gasteiger partial charge in [-0.3, -0.25) is 14.7 Å². The van der Waals surface area contributed by atoms with Crippen molar-refractivity contribution >= 4 is 23.2 Å². The minimum absolute atomic E-state index is 0.243. The normalized spacial score (nSPS) is 10.6. The number of hydrogen-bond donors (Lipinski definition) is 3. The van der Waals surface area contributed by atoms with Crippen molar-refractivity contribution in [1.29, 1.82) is 0 Å². The number of carbonyl (C=O) groups is 2. The number of aryl methyl sites for hydroxylation is 1. The second-order valence-corrected chi connectivity index (χ2v) is 6.37. The van der Waals surface area contributed by atoms with Gasteiger partial charge in [0.1, 0.15) is 5.76 Å². The zero-order valence-corrected chi connectivity index (χ0v) is 14.5. The number of H-pyrrole nitrogens is 1. The molecule has 0 bridgehead atoms. The quantitative estimate of drug-likeness (QED) is 0.565. The summed E-state index contributed by atoms with van der Waals surface area (Å²) in [5, 5.41) is 14.4. The second-order valence-electron chi connectivity index (χ2n) is 5.42. The molecule has 8 heteroatoms. The van der Waals surface area contributed by atoms with E-state index in [1.54, 1.807) is 36.5 Å². The van der Waals surface area contributed by atoms with Crippen LogP contribution in [0.15, 0.2) is 40.1 Å². The summed E-state index contributed by atoms with van der Waals surface area (Å²) < 4.78 is 5.24. The third kappa shape index (κ3) is 4.36. The van der Waals surface area contributed by atoms with Crippen molar-refractivity contribution in [2.45, 2.75) is 13.3 Å². The molecule has 2 amide bonds. The number of aromatic amines is 1. The monoisotopic (exact) mass is 358 g/mol. The lowest BCUT2D eigenvalue weighted by molar-refractivity contribution is 0.0924. The third-order valence-electron chi connectivity index (χ3n) is 3.49. The summed E-state index contributed by atoms with van der Waals surface area (Å²) in [4.78, 5) is 24.9. The predicted molar refractivity (Wildman–Crippen MR) is 94.6 cm³/mol. The molecule has 0 saturated carbocycles. The van der Waals surface area contributed by atoms with E-state index in [0.29, 0.717) is 36.7 Å². The minimum Gasteiger partial charge on any atom is -0.456 e. The van der Waals surface area contributed by atoms with E-state index in [2.05, 4.69) is 20.8 Å². The topological polar surface area (TPSA) is 100 Å². The molecular formula is C17H18N4O3S. The van der Waals surface area contributed by atoms with Gasteiger partial charge in [0.2, 0.25) is 0 Å². The SMILES string of the molecule is Cc1ccc(C(=O)NCCCNC(=O)c2cc(-c3cccs3)[nH]n2)o1. The van der Waals surface area contributed by atoms with Crippen molar-refractivity contribution < 1.29 is 14.0 Å². The van der Waals surface area contributed by atoms with Gasteiger partial charge in [-0.2, -0.15) is 5.10 Å². The van der Waals surface area contributed by atoms with Gasteiger partial charge in [0, 0.05) is 13.1 Å². The molecule has 3 N–H and O–H groups in total. The Labute approximate surface area is 148 Å². The van der Waals surface area contributed by atoms with Crippen molar-refractivity contribution in [2.24, 2.45) is 0 Å². The lowest BCUT2D eigenvalue weighted by atomic mass is 10.3. The van der Waals surface area contributed by atoms with Crippen LogP contribution in [-0.4, -0.2) is 35.1 Å². The fourth-order valence-corrected chi connectivity index (χ4v) is 2.91. The first kappa shape index (κ1) is 17.0. The third-order valence-corrected chi connectivity index (χ3v) is 4.39. The number of rotatable bonds is 7. The van der Waals surface area contributed by atoms with Crippen LogP contribution >= 0.6 is 11.3 Å². The highest BCUT2D eigenvalue weighted by Crippen LogP contribution is 2.22. The van der Waals surface area contributed by atoms with E-state index in [1.807, 2.05) is 17.5 Å². The molecule has 7 nitrogen and oxygen atoms in total. The molecule has 130 valence electrons. The van der Waals surface area contributed by atoms with E-state index in [1.165, 1.54) is 0 Å². The van der Waals surface area contributed by atoms with Crippen molar-refractivity contribution in [2.75, 3.05) is 13.1 Å². The summed E-state index contributed by atoms with van der Waals surface area (Å²) >= 11 is 1.58. The number of amides is 2. The summed E-state index contributed by atoms with van der Waals surface area (Å²) in [5.74, 6) is 0.483. The number of nitrogens with zero attached hydrogens (tertiary/aromatic N) is 1. The van der Waals surface area contributed by atoms with Crippen LogP contribution in [0.5, 0.6) is 0 Å². The van der Waals surface area contributed by atoms with Gasteiger partial charge in [-0.05, 0) is 43.0 Å². The Morgan fingerprint density at radius 1 is 1.20 bits per heavy atom. The van der Waals surface area contributed by atoms with Crippen LogP contribution in [0.2, 0.25) is 0 Å². The molecule has 3 aromatic heterocycles. The highest BCUT2D eigenvalue weighted by Gasteiger charge is 2.12. The highest BCUT2D eigenvalue weighted by molar-refractivity contribution is 7.13. The minimum atomic E-state index is -0.257. The second kappa shape index (κ2) is 7.80. The molecular weight excluding hydrogens is 340 g/mol. The number of thiophene rings is 1. The fourth-order valence-electron chi connectivity index (χ4n) is 2.22. The fraction of sp³-hybridized carbons (Fsp3) is 0.235. The molecule has 0 spiro atoms. The summed E-state index contributed by atoms with van der Waals surface area (Å²) in [5.41, 5.74) is 1.17. The number of furan rings is 1. The van der Waals surface area contributed by atoms with Crippen LogP contribution < -0.4 is 10.6 Å². The van der Waals surface area contributed by atoms with Crippen LogP contribution in [0.3, 0.4) is 0 Å². The molecule has 25 heavy (non-hydrogen) atoms. The molecule has 3 aromatic rings. The number of nitrogens with one attached hydrogen (secondary N) is 3. The average molecular weight is 358 g/mol. The largest absolute Gasteiger partial charge is 0.456 e. The molecule has 0 aliphatic rings. The summed E-state index contributed by atoms with van der Waals surface area (Å²) in [7, 11) is 0. The van der Waals surface area contributed by atoms with Crippen LogP contribution in [0.1, 0.15) is 33.2 Å². The van der Waals surface area contributed by atoms with Crippen molar-refractivity contribution in [1.82, 2.24) is 20.8 Å². The van der Waals surface area contributed by atoms with Crippen LogP contribution in [0.25, 0.3) is 10.6 Å². The number of hydrogen-bond acceptors (Lipinski definition) is 5. The summed E-state index contributed by atoms with van der Waals surface area (Å²) in [6.45, 7) is 2.67. The Bertz CT molecular complexity index is 851. The molecule has 3 heterocycles. The smallest absolute Gasteiger partial charge is 0.286 e. The first-order valence-electron chi connectivity index (χ1n) is 7.85. The van der Waals surface area contributed by atoms with E-state index < -0.39 is 0 Å². The van der Waals surface area contributed by atoms with Crippen LogP contribution in [0.4, 0.5) is 0 Å². The summed E-state index contributed by atoms with van der Waals surface area (Å²) in [6.07, 6.45) is 0.610. The Hall–Kier alpha value is -2.87. The van der Waals surface area contributed by atoms with Gasteiger partial charge >= 0.3 is 0 Å². The zero-order valence-electron chi connectivity index (χ0n) is 13.7. The van der Waals surface area contributed by atoms with Gasteiger partial charge in [-0.25, -0.2) is 0 Å². The van der Waals surface area contributed by atoms with E-state index >= 15 is 0 Å². The number of aromatic nitrogens is 2. The van der Waals surface area contributed by atoms with Crippen LogP contribution in [0, 0.1) is 6.92 Å². The molecule has 0 saturated heterocycles. The first-order chi connectivity index (χ1) is 12.1. The zero-order chi connectivity index (χ0) is 17.6. The van der Waals surface area contributed by atoms with Gasteiger partial charge < -0.3 is 15.1 Å². The molecule has 0 atom stereocenters. The molecule has 0 unspecified atom stereocenters. The van der Waals surface area contributed by atoms with Gasteiger partial charge in [-0.1, -0.05) is 6.07 Å². The lowest BCUT2D eigenvalue weighted by Gasteiger charge is -2.04. The molecule has 0 aromatic carbocycles. The molecule has 0 radical (unpaired) electrons. The highest BCUT2D eigenvalue weighted by atomic mass is 32.1. The maximum Gasteiger partial charge on any atom is 0.286 e. The maximum atomic E-state index is 12.1. The average Bonchev–Trinajstić information content (AvgIpc) is 3.34. The van der Waals surface area contributed by atoms with Gasteiger partial charge in [0.05, 0.1) is 10.6 Å². The van der Waals surface area contributed by atoms with Gasteiger partial charge in [0.25, 0.3) is 11.8 Å². The van der Waals surface area contributed by atoms with Crippen molar-refractivity contribution in [3.63, 3.8) is 0 Å². The van der Waals surface area contributed by atoms with Crippen molar-refractivity contribution in [3.8, 4) is 10.6 Å². The molecule has 0 aliphatic carbocycles.